The average molecular weight is 337 g/mol. The van der Waals surface area contributed by atoms with Crippen molar-refractivity contribution in [1.29, 1.82) is 0 Å². The number of nitrogens with zero attached hydrogens (tertiary/aromatic N) is 3. The fourth-order valence-corrected chi connectivity index (χ4v) is 2.53. The molecule has 6 nitrogen and oxygen atoms in total. The number of hydrogen-bond acceptors (Lipinski definition) is 5. The molecule has 0 aliphatic rings. The van der Waals surface area contributed by atoms with Crippen molar-refractivity contribution in [2.24, 2.45) is 0 Å². The van der Waals surface area contributed by atoms with Gasteiger partial charge in [-0.2, -0.15) is 5.10 Å². The van der Waals surface area contributed by atoms with Crippen molar-refractivity contribution < 1.29 is 4.74 Å². The first-order chi connectivity index (χ1) is 12.3. The van der Waals surface area contributed by atoms with Crippen molar-refractivity contribution in [3.05, 3.63) is 60.4 Å². The van der Waals surface area contributed by atoms with E-state index in [1.165, 1.54) is 0 Å². The van der Waals surface area contributed by atoms with Gasteiger partial charge >= 0.3 is 0 Å². The first-order valence-electron chi connectivity index (χ1n) is 8.25. The van der Waals surface area contributed by atoms with Gasteiger partial charge in [-0.1, -0.05) is 36.4 Å². The fourth-order valence-electron chi connectivity index (χ4n) is 2.53. The predicted molar refractivity (Wildman–Crippen MR) is 101 cm³/mol. The molecule has 130 valence electrons. The van der Waals surface area contributed by atoms with Crippen LogP contribution in [0.5, 0.6) is 0 Å². The van der Waals surface area contributed by atoms with Gasteiger partial charge in [0.1, 0.15) is 5.82 Å². The van der Waals surface area contributed by atoms with Crippen molar-refractivity contribution in [1.82, 2.24) is 15.2 Å². The zero-order valence-electron chi connectivity index (χ0n) is 14.6. The maximum atomic E-state index is 5.10. The van der Waals surface area contributed by atoms with Gasteiger partial charge in [0.05, 0.1) is 24.2 Å². The highest BCUT2D eigenvalue weighted by atomic mass is 16.5. The summed E-state index contributed by atoms with van der Waals surface area (Å²) < 4.78 is 5.10. The number of hydrogen-bond donors (Lipinski definition) is 2. The smallest absolute Gasteiger partial charge is 0.128 e. The fraction of sp³-hybridized carbons (Fsp3) is 0.263. The number of aromatic nitrogens is 3. The van der Waals surface area contributed by atoms with E-state index < -0.39 is 0 Å². The molecule has 0 aliphatic carbocycles. The number of rotatable bonds is 8. The molecule has 3 aromatic rings. The minimum atomic E-state index is 0.685. The van der Waals surface area contributed by atoms with Crippen molar-refractivity contribution in [2.75, 3.05) is 37.5 Å². The number of methoxy groups -OCH3 is 1. The van der Waals surface area contributed by atoms with E-state index in [0.717, 1.165) is 34.9 Å². The van der Waals surface area contributed by atoms with E-state index in [1.807, 2.05) is 43.7 Å². The Bertz CT molecular complexity index is 770. The normalized spacial score (nSPS) is 10.6. The molecule has 1 aromatic carbocycles. The number of aromatic amines is 1. The van der Waals surface area contributed by atoms with Crippen LogP contribution in [0.15, 0.2) is 54.9 Å². The predicted octanol–water partition coefficient (Wildman–Crippen LogP) is 3.17. The molecular formula is C19H23N5O. The number of pyridine rings is 1. The van der Waals surface area contributed by atoms with Crippen LogP contribution in [-0.2, 0) is 11.3 Å². The van der Waals surface area contributed by atoms with Crippen LogP contribution in [0.25, 0.3) is 11.3 Å². The maximum absolute atomic E-state index is 5.10. The van der Waals surface area contributed by atoms with E-state index >= 15 is 0 Å². The minimum Gasteiger partial charge on any atom is -0.383 e. The second kappa shape index (κ2) is 8.30. The minimum absolute atomic E-state index is 0.685. The summed E-state index contributed by atoms with van der Waals surface area (Å²) in [5, 5.41) is 10.6. The molecule has 0 unspecified atom stereocenters. The van der Waals surface area contributed by atoms with Crippen LogP contribution < -0.4 is 10.2 Å². The van der Waals surface area contributed by atoms with Crippen LogP contribution in [0.1, 0.15) is 5.56 Å². The summed E-state index contributed by atoms with van der Waals surface area (Å²) in [6.07, 6.45) is 3.70. The summed E-state index contributed by atoms with van der Waals surface area (Å²) in [6.45, 7) is 2.19. The van der Waals surface area contributed by atoms with Gasteiger partial charge in [-0.05, 0) is 11.6 Å². The van der Waals surface area contributed by atoms with Gasteiger partial charge in [0, 0.05) is 39.0 Å². The van der Waals surface area contributed by atoms with E-state index in [9.17, 15) is 0 Å². The van der Waals surface area contributed by atoms with Crippen LogP contribution in [0.3, 0.4) is 0 Å². The summed E-state index contributed by atoms with van der Waals surface area (Å²) in [5.41, 5.74) is 4.19. The molecule has 2 N–H and O–H groups in total. The molecule has 0 saturated carbocycles. The maximum Gasteiger partial charge on any atom is 0.128 e. The Balaban J connectivity index is 1.62. The lowest BCUT2D eigenvalue weighted by Crippen LogP contribution is -2.22. The van der Waals surface area contributed by atoms with E-state index in [4.69, 9.17) is 4.74 Å². The SMILES string of the molecule is COCCN(C)c1ccc(CNc2cn[nH]c2-c2ccccc2)cn1. The third-order valence-corrected chi connectivity index (χ3v) is 4.02. The number of ether oxygens (including phenoxy) is 1. The third-order valence-electron chi connectivity index (χ3n) is 4.02. The lowest BCUT2D eigenvalue weighted by molar-refractivity contribution is 0.206. The molecule has 0 aliphatic heterocycles. The molecule has 2 aromatic heterocycles. The van der Waals surface area contributed by atoms with Crippen molar-refractivity contribution in [2.45, 2.75) is 6.54 Å². The Morgan fingerprint density at radius 3 is 2.68 bits per heavy atom. The molecule has 0 atom stereocenters. The summed E-state index contributed by atoms with van der Waals surface area (Å²) in [6, 6.07) is 14.3. The van der Waals surface area contributed by atoms with Crippen LogP contribution in [0.2, 0.25) is 0 Å². The number of likely N-dealkylation sites (N-methyl/N-ethyl adjacent to an activating group) is 1. The highest BCUT2D eigenvalue weighted by molar-refractivity contribution is 5.73. The van der Waals surface area contributed by atoms with Crippen molar-refractivity contribution in [3.63, 3.8) is 0 Å². The zero-order chi connectivity index (χ0) is 17.5. The van der Waals surface area contributed by atoms with Gasteiger partial charge < -0.3 is 15.0 Å². The Hall–Kier alpha value is -2.86. The first-order valence-corrected chi connectivity index (χ1v) is 8.25. The number of benzene rings is 1. The zero-order valence-corrected chi connectivity index (χ0v) is 14.6. The molecule has 3 rings (SSSR count). The Kier molecular flexibility index (Phi) is 5.64. The second-order valence-electron chi connectivity index (χ2n) is 5.82. The van der Waals surface area contributed by atoms with Gasteiger partial charge in [-0.25, -0.2) is 4.98 Å². The molecule has 0 fully saturated rings. The van der Waals surface area contributed by atoms with E-state index in [2.05, 4.69) is 43.6 Å². The molecule has 0 radical (unpaired) electrons. The Morgan fingerprint density at radius 1 is 1.12 bits per heavy atom. The molecule has 0 spiro atoms. The Morgan fingerprint density at radius 2 is 1.96 bits per heavy atom. The molecular weight excluding hydrogens is 314 g/mol. The van der Waals surface area contributed by atoms with Gasteiger partial charge in [0.2, 0.25) is 0 Å². The summed E-state index contributed by atoms with van der Waals surface area (Å²) in [5.74, 6) is 0.939. The van der Waals surface area contributed by atoms with E-state index in [1.54, 1.807) is 7.11 Å². The van der Waals surface area contributed by atoms with Gasteiger partial charge in [0.25, 0.3) is 0 Å². The van der Waals surface area contributed by atoms with Gasteiger partial charge in [0.15, 0.2) is 0 Å². The molecule has 2 heterocycles. The van der Waals surface area contributed by atoms with Crippen LogP contribution in [0.4, 0.5) is 11.5 Å². The van der Waals surface area contributed by atoms with E-state index in [-0.39, 0.29) is 0 Å². The highest BCUT2D eigenvalue weighted by Gasteiger charge is 2.07. The molecule has 6 heteroatoms. The lowest BCUT2D eigenvalue weighted by atomic mass is 10.1. The average Bonchev–Trinajstić information content (AvgIpc) is 3.14. The lowest BCUT2D eigenvalue weighted by Gasteiger charge is -2.17. The van der Waals surface area contributed by atoms with Crippen LogP contribution >= 0.6 is 0 Å². The molecule has 0 saturated heterocycles. The van der Waals surface area contributed by atoms with Gasteiger partial charge in [-0.15, -0.1) is 0 Å². The standard InChI is InChI=1S/C19H23N5O/c1-24(10-11-25-2)18-9-8-15(13-21-18)12-20-17-14-22-23-19(17)16-6-4-3-5-7-16/h3-9,13-14,20H,10-12H2,1-2H3,(H,22,23). The highest BCUT2D eigenvalue weighted by Crippen LogP contribution is 2.25. The van der Waals surface area contributed by atoms with Crippen LogP contribution in [0, 0.1) is 0 Å². The van der Waals surface area contributed by atoms with Crippen LogP contribution in [-0.4, -0.2) is 42.5 Å². The summed E-state index contributed by atoms with van der Waals surface area (Å²) in [4.78, 5) is 6.59. The number of H-pyrrole nitrogens is 1. The van der Waals surface area contributed by atoms with Gasteiger partial charge in [-0.3, -0.25) is 5.10 Å². The molecule has 25 heavy (non-hydrogen) atoms. The largest absolute Gasteiger partial charge is 0.383 e. The first kappa shape index (κ1) is 17.0. The van der Waals surface area contributed by atoms with Crippen molar-refractivity contribution >= 4 is 11.5 Å². The Labute approximate surface area is 147 Å². The third kappa shape index (κ3) is 4.36. The summed E-state index contributed by atoms with van der Waals surface area (Å²) >= 11 is 0. The monoisotopic (exact) mass is 337 g/mol. The molecule has 0 amide bonds. The molecule has 0 bridgehead atoms. The van der Waals surface area contributed by atoms with Crippen molar-refractivity contribution in [3.8, 4) is 11.3 Å². The summed E-state index contributed by atoms with van der Waals surface area (Å²) in [7, 11) is 3.71. The number of nitrogens with one attached hydrogen (secondary N) is 2. The second-order valence-corrected chi connectivity index (χ2v) is 5.82. The van der Waals surface area contributed by atoms with E-state index in [0.29, 0.717) is 13.2 Å². The number of anilines is 2. The quantitative estimate of drug-likeness (QED) is 0.661. The topological polar surface area (TPSA) is 66.1 Å².